The number of ether oxygens (including phenoxy) is 1. The van der Waals surface area contributed by atoms with Gasteiger partial charge < -0.3 is 4.74 Å². The van der Waals surface area contributed by atoms with Crippen LogP contribution in [0.3, 0.4) is 0 Å². The van der Waals surface area contributed by atoms with Crippen molar-refractivity contribution >= 4 is 16.1 Å². The fourth-order valence-electron chi connectivity index (χ4n) is 1.47. The SMILES string of the molecule is Cc1cccc(F)c1C(=O)OC(CS(=O)(=O)O)C(F)(F)F. The molecule has 0 heterocycles. The third-order valence-electron chi connectivity index (χ3n) is 2.40. The van der Waals surface area contributed by atoms with E-state index in [0.29, 0.717) is 0 Å². The van der Waals surface area contributed by atoms with Crippen molar-refractivity contribution in [2.75, 3.05) is 5.75 Å². The molecule has 1 aromatic carbocycles. The Morgan fingerprint density at radius 2 is 1.95 bits per heavy atom. The van der Waals surface area contributed by atoms with Gasteiger partial charge in [-0.15, -0.1) is 0 Å². The molecule has 0 amide bonds. The van der Waals surface area contributed by atoms with Crippen LogP contribution in [0.15, 0.2) is 18.2 Å². The molecule has 0 fully saturated rings. The number of carbonyl (C=O) groups excluding carboxylic acids is 1. The summed E-state index contributed by atoms with van der Waals surface area (Å²) in [6.07, 6.45) is -8.33. The Labute approximate surface area is 117 Å². The number of hydrogen-bond acceptors (Lipinski definition) is 4. The van der Waals surface area contributed by atoms with Crippen molar-refractivity contribution in [2.24, 2.45) is 0 Å². The van der Waals surface area contributed by atoms with Crippen molar-refractivity contribution in [1.29, 1.82) is 0 Å². The molecular formula is C11H10F4O5S. The maximum Gasteiger partial charge on any atom is 0.426 e. The first-order chi connectivity index (χ1) is 9.42. The molecule has 5 nitrogen and oxygen atoms in total. The standard InChI is InChI=1S/C11H10F4O5S/c1-6-3-2-4-7(12)9(6)10(16)20-8(11(13,14)15)5-21(17,18)19/h2-4,8H,5H2,1H3,(H,17,18,19). The molecule has 0 saturated carbocycles. The average molecular weight is 330 g/mol. The molecule has 0 aliphatic carbocycles. The highest BCUT2D eigenvalue weighted by molar-refractivity contribution is 7.85. The molecule has 0 aliphatic rings. The lowest BCUT2D eigenvalue weighted by Gasteiger charge is -2.20. The Hall–Kier alpha value is -1.68. The summed E-state index contributed by atoms with van der Waals surface area (Å²) in [5, 5.41) is 0. The van der Waals surface area contributed by atoms with Gasteiger partial charge in [-0.1, -0.05) is 12.1 Å². The maximum absolute atomic E-state index is 13.4. The van der Waals surface area contributed by atoms with E-state index in [1.807, 2.05) is 0 Å². The van der Waals surface area contributed by atoms with Gasteiger partial charge in [0.05, 0.1) is 5.56 Å². The molecule has 0 spiro atoms. The zero-order chi connectivity index (χ0) is 16.4. The van der Waals surface area contributed by atoms with Gasteiger partial charge in [0, 0.05) is 0 Å². The molecule has 118 valence electrons. The van der Waals surface area contributed by atoms with Crippen LogP contribution in [0.2, 0.25) is 0 Å². The molecule has 0 radical (unpaired) electrons. The average Bonchev–Trinajstić information content (AvgIpc) is 2.24. The second-order valence-corrected chi connectivity index (χ2v) is 5.61. The lowest BCUT2D eigenvalue weighted by atomic mass is 10.1. The van der Waals surface area contributed by atoms with E-state index in [0.717, 1.165) is 6.07 Å². The molecule has 1 atom stereocenters. The molecule has 10 heteroatoms. The minimum absolute atomic E-state index is 0.0211. The van der Waals surface area contributed by atoms with Gasteiger partial charge in [-0.25, -0.2) is 9.18 Å². The molecule has 0 saturated heterocycles. The Balaban J connectivity index is 3.07. The van der Waals surface area contributed by atoms with E-state index >= 15 is 0 Å². The van der Waals surface area contributed by atoms with Crippen LogP contribution in [0.5, 0.6) is 0 Å². The fraction of sp³-hybridized carbons (Fsp3) is 0.364. The van der Waals surface area contributed by atoms with Crippen molar-refractivity contribution in [1.82, 2.24) is 0 Å². The molecule has 1 aromatic rings. The summed E-state index contributed by atoms with van der Waals surface area (Å²) in [7, 11) is -5.05. The van der Waals surface area contributed by atoms with E-state index in [1.165, 1.54) is 19.1 Å². The minimum atomic E-state index is -5.23. The fourth-order valence-corrected chi connectivity index (χ4v) is 2.10. The van der Waals surface area contributed by atoms with Crippen LogP contribution in [-0.2, 0) is 14.9 Å². The number of halogens is 4. The molecule has 0 bridgehead atoms. The predicted molar refractivity (Wildman–Crippen MR) is 62.8 cm³/mol. The van der Waals surface area contributed by atoms with Crippen LogP contribution >= 0.6 is 0 Å². The topological polar surface area (TPSA) is 80.7 Å². The molecule has 0 aliphatic heterocycles. The smallest absolute Gasteiger partial charge is 0.426 e. The number of benzene rings is 1. The first-order valence-corrected chi connectivity index (χ1v) is 7.00. The molecule has 0 aromatic heterocycles. The van der Waals surface area contributed by atoms with Gasteiger partial charge in [0.1, 0.15) is 11.6 Å². The van der Waals surface area contributed by atoms with Gasteiger partial charge in [0.15, 0.2) is 0 Å². The summed E-state index contributed by atoms with van der Waals surface area (Å²) in [5.74, 6) is -4.64. The van der Waals surface area contributed by atoms with E-state index in [1.54, 1.807) is 0 Å². The summed E-state index contributed by atoms with van der Waals surface area (Å²) < 4.78 is 84.7. The minimum Gasteiger partial charge on any atom is -0.448 e. The van der Waals surface area contributed by atoms with Crippen LogP contribution in [0.25, 0.3) is 0 Å². The lowest BCUT2D eigenvalue weighted by Crippen LogP contribution is -2.39. The third-order valence-corrected chi connectivity index (χ3v) is 3.13. The predicted octanol–water partition coefficient (Wildman–Crippen LogP) is 2.11. The van der Waals surface area contributed by atoms with E-state index in [4.69, 9.17) is 4.55 Å². The van der Waals surface area contributed by atoms with Gasteiger partial charge in [0.2, 0.25) is 6.10 Å². The normalized spacial score (nSPS) is 13.8. The Morgan fingerprint density at radius 1 is 1.38 bits per heavy atom. The Morgan fingerprint density at radius 3 is 2.38 bits per heavy atom. The van der Waals surface area contributed by atoms with Crippen LogP contribution in [0.1, 0.15) is 15.9 Å². The van der Waals surface area contributed by atoms with Crippen molar-refractivity contribution < 1.29 is 40.1 Å². The summed E-state index contributed by atoms with van der Waals surface area (Å²) in [5.41, 5.74) is -0.713. The molecular weight excluding hydrogens is 320 g/mol. The molecule has 1 N–H and O–H groups in total. The third kappa shape index (κ3) is 4.97. The van der Waals surface area contributed by atoms with Gasteiger partial charge >= 0.3 is 12.1 Å². The van der Waals surface area contributed by atoms with Gasteiger partial charge in [0.25, 0.3) is 10.1 Å². The van der Waals surface area contributed by atoms with Crippen molar-refractivity contribution in [2.45, 2.75) is 19.2 Å². The highest BCUT2D eigenvalue weighted by atomic mass is 32.2. The quantitative estimate of drug-likeness (QED) is 0.519. The molecule has 21 heavy (non-hydrogen) atoms. The van der Waals surface area contributed by atoms with Crippen molar-refractivity contribution in [3.63, 3.8) is 0 Å². The van der Waals surface area contributed by atoms with Gasteiger partial charge in [-0.2, -0.15) is 21.6 Å². The van der Waals surface area contributed by atoms with Crippen molar-refractivity contribution in [3.8, 4) is 0 Å². The van der Waals surface area contributed by atoms with Crippen LogP contribution in [-0.4, -0.2) is 37.0 Å². The highest BCUT2D eigenvalue weighted by Crippen LogP contribution is 2.26. The van der Waals surface area contributed by atoms with Crippen LogP contribution in [0.4, 0.5) is 17.6 Å². The first kappa shape index (κ1) is 17.4. The highest BCUT2D eigenvalue weighted by Gasteiger charge is 2.45. The Kier molecular flexibility index (Phi) is 4.95. The van der Waals surface area contributed by atoms with Crippen LogP contribution in [0, 0.1) is 12.7 Å². The second kappa shape index (κ2) is 5.98. The molecule has 1 rings (SSSR count). The number of hydrogen-bond donors (Lipinski definition) is 1. The van der Waals surface area contributed by atoms with Crippen molar-refractivity contribution in [3.05, 3.63) is 35.1 Å². The summed E-state index contributed by atoms with van der Waals surface area (Å²) in [6, 6.07) is 3.35. The monoisotopic (exact) mass is 330 g/mol. The number of carbonyl (C=O) groups is 1. The summed E-state index contributed by atoms with van der Waals surface area (Å²) in [4.78, 5) is 11.6. The number of esters is 1. The van der Waals surface area contributed by atoms with E-state index in [2.05, 4.69) is 4.74 Å². The van der Waals surface area contributed by atoms with Gasteiger partial charge in [-0.3, -0.25) is 4.55 Å². The van der Waals surface area contributed by atoms with Gasteiger partial charge in [-0.05, 0) is 18.6 Å². The van der Waals surface area contributed by atoms with E-state index in [9.17, 15) is 30.8 Å². The Bertz CT molecular complexity index is 618. The van der Waals surface area contributed by atoms with Crippen LogP contribution < -0.4 is 0 Å². The van der Waals surface area contributed by atoms with E-state index < -0.39 is 45.5 Å². The zero-order valence-electron chi connectivity index (χ0n) is 10.5. The lowest BCUT2D eigenvalue weighted by molar-refractivity contribution is -0.197. The second-order valence-electron chi connectivity index (χ2n) is 4.12. The summed E-state index contributed by atoms with van der Waals surface area (Å²) in [6.45, 7) is 1.27. The number of alkyl halides is 3. The van der Waals surface area contributed by atoms with E-state index in [-0.39, 0.29) is 5.56 Å². The first-order valence-electron chi connectivity index (χ1n) is 5.40. The summed E-state index contributed by atoms with van der Waals surface area (Å²) >= 11 is 0. The number of aryl methyl sites for hydroxylation is 1. The maximum atomic E-state index is 13.4. The molecule has 1 unspecified atom stereocenters. The largest absolute Gasteiger partial charge is 0.448 e. The number of rotatable bonds is 4. The zero-order valence-corrected chi connectivity index (χ0v) is 11.3.